The highest BCUT2D eigenvalue weighted by atomic mass is 19.4. The molecule has 1 unspecified atom stereocenters. The first-order valence-corrected chi connectivity index (χ1v) is 8.18. The number of ether oxygens (including phenoxy) is 2. The van der Waals surface area contributed by atoms with Crippen LogP contribution < -0.4 is 15.4 Å². The van der Waals surface area contributed by atoms with Crippen LogP contribution in [0, 0.1) is 0 Å². The molecule has 2 aromatic rings. The van der Waals surface area contributed by atoms with Crippen molar-refractivity contribution in [1.29, 1.82) is 0 Å². The van der Waals surface area contributed by atoms with E-state index in [9.17, 15) is 22.8 Å². The van der Waals surface area contributed by atoms with E-state index in [-0.39, 0.29) is 12.2 Å². The van der Waals surface area contributed by atoms with Gasteiger partial charge in [-0.15, -0.1) is 0 Å². The molecule has 0 aromatic heterocycles. The van der Waals surface area contributed by atoms with Gasteiger partial charge in [0.2, 0.25) is 0 Å². The van der Waals surface area contributed by atoms with Gasteiger partial charge in [-0.3, -0.25) is 9.59 Å². The number of amides is 2. The second-order valence-electron chi connectivity index (χ2n) is 5.71. The second kappa shape index (κ2) is 9.23. The van der Waals surface area contributed by atoms with Crippen molar-refractivity contribution in [3.8, 4) is 5.75 Å². The van der Waals surface area contributed by atoms with Gasteiger partial charge in [-0.1, -0.05) is 24.3 Å². The smallest absolute Gasteiger partial charge is 0.416 e. The van der Waals surface area contributed by atoms with Gasteiger partial charge < -0.3 is 20.1 Å². The summed E-state index contributed by atoms with van der Waals surface area (Å²) in [6, 6.07) is 11.0. The third-order valence-corrected chi connectivity index (χ3v) is 3.87. The molecule has 2 rings (SSSR count). The Labute approximate surface area is 159 Å². The highest BCUT2D eigenvalue weighted by molar-refractivity contribution is 6.39. The molecule has 9 heteroatoms. The topological polar surface area (TPSA) is 76.7 Å². The number of methoxy groups -OCH3 is 2. The van der Waals surface area contributed by atoms with Crippen molar-refractivity contribution in [2.75, 3.05) is 26.1 Å². The lowest BCUT2D eigenvalue weighted by Gasteiger charge is -2.19. The molecule has 2 N–H and O–H groups in total. The fourth-order valence-electron chi connectivity index (χ4n) is 2.48. The molecule has 0 saturated carbocycles. The molecule has 0 aliphatic heterocycles. The zero-order valence-electron chi connectivity index (χ0n) is 15.2. The molecule has 0 spiro atoms. The summed E-state index contributed by atoms with van der Waals surface area (Å²) in [5, 5.41) is 4.54. The van der Waals surface area contributed by atoms with Gasteiger partial charge in [0, 0.05) is 24.9 Å². The van der Waals surface area contributed by atoms with Crippen LogP contribution in [0.2, 0.25) is 0 Å². The molecule has 2 amide bonds. The molecule has 2 aromatic carbocycles. The van der Waals surface area contributed by atoms with E-state index in [2.05, 4.69) is 10.6 Å². The number of carbonyl (C=O) groups is 2. The molecule has 150 valence electrons. The van der Waals surface area contributed by atoms with Gasteiger partial charge in [-0.25, -0.2) is 0 Å². The number of hydrogen-bond acceptors (Lipinski definition) is 4. The van der Waals surface area contributed by atoms with E-state index in [1.807, 2.05) is 0 Å². The number of anilines is 1. The number of halogens is 3. The number of nitrogens with one attached hydrogen (secondary N) is 2. The van der Waals surface area contributed by atoms with Crippen molar-refractivity contribution in [3.05, 3.63) is 59.7 Å². The normalized spacial score (nSPS) is 12.2. The Morgan fingerprint density at radius 1 is 1.04 bits per heavy atom. The van der Waals surface area contributed by atoms with Crippen LogP contribution in [0.1, 0.15) is 17.2 Å². The molecule has 0 saturated heterocycles. The lowest BCUT2D eigenvalue weighted by atomic mass is 10.1. The summed E-state index contributed by atoms with van der Waals surface area (Å²) in [4.78, 5) is 24.0. The van der Waals surface area contributed by atoms with Crippen molar-refractivity contribution in [2.24, 2.45) is 0 Å². The van der Waals surface area contributed by atoms with E-state index in [1.54, 1.807) is 24.3 Å². The Morgan fingerprint density at radius 3 is 2.39 bits per heavy atom. The Kier molecular flexibility index (Phi) is 7.00. The van der Waals surface area contributed by atoms with E-state index in [4.69, 9.17) is 9.47 Å². The summed E-state index contributed by atoms with van der Waals surface area (Å²) in [6.07, 6.45) is -5.13. The van der Waals surface area contributed by atoms with Crippen LogP contribution in [-0.2, 0) is 20.5 Å². The van der Waals surface area contributed by atoms with E-state index >= 15 is 0 Å². The Bertz CT molecular complexity index is 840. The number of carbonyl (C=O) groups excluding carboxylic acids is 2. The average Bonchev–Trinajstić information content (AvgIpc) is 2.68. The van der Waals surface area contributed by atoms with Crippen molar-refractivity contribution in [3.63, 3.8) is 0 Å². The Balaban J connectivity index is 1.99. The molecular formula is C19H19F3N2O4. The summed E-state index contributed by atoms with van der Waals surface area (Å²) in [5.74, 6) is -1.54. The van der Waals surface area contributed by atoms with Crippen LogP contribution >= 0.6 is 0 Å². The summed E-state index contributed by atoms with van der Waals surface area (Å²) >= 11 is 0. The van der Waals surface area contributed by atoms with Crippen molar-refractivity contribution in [2.45, 2.75) is 12.3 Å². The highest BCUT2D eigenvalue weighted by Crippen LogP contribution is 2.30. The molecule has 0 bridgehead atoms. The van der Waals surface area contributed by atoms with E-state index in [0.717, 1.165) is 18.2 Å². The summed E-state index contributed by atoms with van der Waals surface area (Å²) < 4.78 is 48.7. The van der Waals surface area contributed by atoms with Gasteiger partial charge >= 0.3 is 18.0 Å². The predicted octanol–water partition coefficient (Wildman–Crippen LogP) is 3.16. The minimum absolute atomic E-state index is 0.0360. The summed E-state index contributed by atoms with van der Waals surface area (Å²) in [5.41, 5.74) is -0.393. The van der Waals surface area contributed by atoms with Crippen molar-refractivity contribution >= 4 is 17.5 Å². The molecule has 0 fully saturated rings. The standard InChI is InChI=1S/C19H19F3N2O4/c1-27-15-9-4-3-8-14(15)16(28-2)11-23-17(25)18(26)24-13-7-5-6-12(10-13)19(20,21)22/h3-10,16H,11H2,1-2H3,(H,23,25)(H,24,26). The Hall–Kier alpha value is -3.07. The lowest BCUT2D eigenvalue weighted by Crippen LogP contribution is -2.38. The number of benzene rings is 2. The van der Waals surface area contributed by atoms with Crippen molar-refractivity contribution in [1.82, 2.24) is 5.32 Å². The first kappa shape index (κ1) is 21.2. The van der Waals surface area contributed by atoms with Crippen LogP contribution in [0.3, 0.4) is 0 Å². The van der Waals surface area contributed by atoms with E-state index < -0.39 is 29.7 Å². The minimum Gasteiger partial charge on any atom is -0.496 e. The maximum atomic E-state index is 12.7. The maximum Gasteiger partial charge on any atom is 0.416 e. The molecular weight excluding hydrogens is 377 g/mol. The zero-order chi connectivity index (χ0) is 20.7. The predicted molar refractivity (Wildman–Crippen MR) is 95.8 cm³/mol. The fraction of sp³-hybridized carbons (Fsp3) is 0.263. The SMILES string of the molecule is COc1ccccc1C(CNC(=O)C(=O)Nc1cccc(C(F)(F)F)c1)OC. The summed E-state index contributed by atoms with van der Waals surface area (Å²) in [7, 11) is 2.93. The highest BCUT2D eigenvalue weighted by Gasteiger charge is 2.30. The zero-order valence-corrected chi connectivity index (χ0v) is 15.2. The monoisotopic (exact) mass is 396 g/mol. The molecule has 0 aliphatic rings. The van der Waals surface area contributed by atoms with Gasteiger partial charge in [0.05, 0.1) is 12.7 Å². The molecule has 0 radical (unpaired) electrons. The molecule has 0 heterocycles. The van der Waals surface area contributed by atoms with Crippen LogP contribution in [0.25, 0.3) is 0 Å². The minimum atomic E-state index is -4.55. The van der Waals surface area contributed by atoms with Gasteiger partial charge in [-0.05, 0) is 24.3 Å². The fourth-order valence-corrected chi connectivity index (χ4v) is 2.48. The molecule has 6 nitrogen and oxygen atoms in total. The second-order valence-corrected chi connectivity index (χ2v) is 5.71. The van der Waals surface area contributed by atoms with Crippen LogP contribution in [0.15, 0.2) is 48.5 Å². The first-order valence-electron chi connectivity index (χ1n) is 8.18. The van der Waals surface area contributed by atoms with Crippen LogP contribution in [-0.4, -0.2) is 32.6 Å². The first-order chi connectivity index (χ1) is 13.3. The Morgan fingerprint density at radius 2 is 1.75 bits per heavy atom. The number of para-hydroxylation sites is 1. The molecule has 1 atom stereocenters. The van der Waals surface area contributed by atoms with E-state index in [1.165, 1.54) is 20.3 Å². The van der Waals surface area contributed by atoms with E-state index in [0.29, 0.717) is 11.3 Å². The van der Waals surface area contributed by atoms with Crippen LogP contribution in [0.5, 0.6) is 5.75 Å². The van der Waals surface area contributed by atoms with Gasteiger partial charge in [-0.2, -0.15) is 13.2 Å². The average molecular weight is 396 g/mol. The van der Waals surface area contributed by atoms with Crippen LogP contribution in [0.4, 0.5) is 18.9 Å². The lowest BCUT2D eigenvalue weighted by molar-refractivity contribution is -0.137. The van der Waals surface area contributed by atoms with Gasteiger partial charge in [0.1, 0.15) is 11.9 Å². The summed E-state index contributed by atoms with van der Waals surface area (Å²) in [6.45, 7) is -0.0360. The molecule has 28 heavy (non-hydrogen) atoms. The maximum absolute atomic E-state index is 12.7. The van der Waals surface area contributed by atoms with Gasteiger partial charge in [0.25, 0.3) is 0 Å². The molecule has 0 aliphatic carbocycles. The quantitative estimate of drug-likeness (QED) is 0.736. The number of hydrogen-bond donors (Lipinski definition) is 2. The largest absolute Gasteiger partial charge is 0.496 e. The third-order valence-electron chi connectivity index (χ3n) is 3.87. The van der Waals surface area contributed by atoms with Gasteiger partial charge in [0.15, 0.2) is 0 Å². The number of rotatable bonds is 6. The number of alkyl halides is 3. The van der Waals surface area contributed by atoms with Crippen molar-refractivity contribution < 1.29 is 32.2 Å². The third kappa shape index (κ3) is 5.46.